The van der Waals surface area contributed by atoms with Gasteiger partial charge in [-0.25, -0.2) is 9.97 Å². The summed E-state index contributed by atoms with van der Waals surface area (Å²) in [5.41, 5.74) is 3.40. The number of hydrogen-bond donors (Lipinski definition) is 1. The first-order chi connectivity index (χ1) is 12.1. The molecule has 0 unspecified atom stereocenters. The highest BCUT2D eigenvalue weighted by molar-refractivity contribution is 6.04. The molecule has 1 saturated heterocycles. The summed E-state index contributed by atoms with van der Waals surface area (Å²) in [4.78, 5) is 23.3. The number of amides is 1. The zero-order valence-electron chi connectivity index (χ0n) is 15.0. The van der Waals surface area contributed by atoms with Crippen molar-refractivity contribution in [2.24, 2.45) is 0 Å². The topological polar surface area (TPSA) is 67.4 Å². The first kappa shape index (κ1) is 17.4. The van der Waals surface area contributed by atoms with E-state index in [1.807, 2.05) is 25.1 Å². The van der Waals surface area contributed by atoms with Gasteiger partial charge >= 0.3 is 0 Å². The third kappa shape index (κ3) is 3.96. The second-order valence-corrected chi connectivity index (χ2v) is 6.51. The number of hydrogen-bond acceptors (Lipinski definition) is 5. The van der Waals surface area contributed by atoms with Gasteiger partial charge in [0.05, 0.1) is 13.2 Å². The Bertz CT molecular complexity index is 755. The fourth-order valence-electron chi connectivity index (χ4n) is 2.96. The van der Waals surface area contributed by atoms with Crippen molar-refractivity contribution in [3.63, 3.8) is 0 Å². The third-order valence-corrected chi connectivity index (χ3v) is 4.39. The molecular formula is C19H24N4O2. The summed E-state index contributed by atoms with van der Waals surface area (Å²) in [5.74, 6) is 0.870. The first-order valence-corrected chi connectivity index (χ1v) is 8.62. The van der Waals surface area contributed by atoms with Crippen LogP contribution in [0.3, 0.4) is 0 Å². The van der Waals surface area contributed by atoms with Gasteiger partial charge in [-0.15, -0.1) is 0 Å². The van der Waals surface area contributed by atoms with Crippen molar-refractivity contribution in [2.45, 2.75) is 26.7 Å². The summed E-state index contributed by atoms with van der Waals surface area (Å²) < 4.78 is 5.36. The van der Waals surface area contributed by atoms with Crippen molar-refractivity contribution in [1.82, 2.24) is 9.97 Å². The van der Waals surface area contributed by atoms with Gasteiger partial charge in [-0.1, -0.05) is 32.0 Å². The molecule has 3 rings (SSSR count). The van der Waals surface area contributed by atoms with Crippen LogP contribution in [0.4, 0.5) is 11.5 Å². The van der Waals surface area contributed by atoms with Crippen LogP contribution < -0.4 is 10.2 Å². The van der Waals surface area contributed by atoms with E-state index in [0.717, 1.165) is 35.7 Å². The Balaban J connectivity index is 1.82. The van der Waals surface area contributed by atoms with Crippen LogP contribution in [-0.4, -0.2) is 42.2 Å². The van der Waals surface area contributed by atoms with E-state index in [2.05, 4.69) is 34.0 Å². The van der Waals surface area contributed by atoms with Crippen LogP contribution in [-0.2, 0) is 4.74 Å². The molecule has 0 atom stereocenters. The van der Waals surface area contributed by atoms with Gasteiger partial charge in [0.25, 0.3) is 5.91 Å². The molecule has 1 aliphatic heterocycles. The second kappa shape index (κ2) is 7.61. The highest BCUT2D eigenvalue weighted by Gasteiger charge is 2.17. The minimum atomic E-state index is -0.215. The first-order valence-electron chi connectivity index (χ1n) is 8.62. The van der Waals surface area contributed by atoms with Gasteiger partial charge in [0.2, 0.25) is 0 Å². The van der Waals surface area contributed by atoms with Gasteiger partial charge in [-0.3, -0.25) is 4.79 Å². The Hall–Kier alpha value is -2.47. The maximum absolute atomic E-state index is 12.7. The molecule has 1 aliphatic rings. The Morgan fingerprint density at radius 3 is 2.72 bits per heavy atom. The zero-order chi connectivity index (χ0) is 17.8. The minimum absolute atomic E-state index is 0.215. The van der Waals surface area contributed by atoms with Crippen LogP contribution in [0.2, 0.25) is 0 Å². The molecule has 6 heteroatoms. The molecule has 1 amide bonds. The highest BCUT2D eigenvalue weighted by atomic mass is 16.5. The number of benzene rings is 1. The molecule has 132 valence electrons. The average Bonchev–Trinajstić information content (AvgIpc) is 2.64. The zero-order valence-corrected chi connectivity index (χ0v) is 15.0. The number of carbonyl (C=O) groups excluding carboxylic acids is 1. The number of morpholine rings is 1. The standard InChI is InChI=1S/C19H24N4O2/c1-13(2)15-6-4-5-14(3)18(15)22-19(24)16-11-17(21-12-20-16)23-7-9-25-10-8-23/h4-6,11-13H,7-10H2,1-3H3,(H,22,24). The number of aromatic nitrogens is 2. The molecule has 2 heterocycles. The molecule has 0 aliphatic carbocycles. The molecule has 1 aromatic carbocycles. The Morgan fingerprint density at radius 1 is 1.24 bits per heavy atom. The lowest BCUT2D eigenvalue weighted by atomic mass is 9.98. The molecule has 0 bridgehead atoms. The van der Waals surface area contributed by atoms with Gasteiger partial charge in [-0.2, -0.15) is 0 Å². The van der Waals surface area contributed by atoms with Crippen molar-refractivity contribution in [1.29, 1.82) is 0 Å². The summed E-state index contributed by atoms with van der Waals surface area (Å²) in [6.07, 6.45) is 1.45. The summed E-state index contributed by atoms with van der Waals surface area (Å²) in [6.45, 7) is 9.12. The molecule has 0 radical (unpaired) electrons. The maximum atomic E-state index is 12.7. The lowest BCUT2D eigenvalue weighted by Gasteiger charge is -2.27. The van der Waals surface area contributed by atoms with E-state index in [4.69, 9.17) is 4.74 Å². The van der Waals surface area contributed by atoms with Crippen LogP contribution in [0.5, 0.6) is 0 Å². The number of anilines is 2. The fraction of sp³-hybridized carbons (Fsp3) is 0.421. The highest BCUT2D eigenvalue weighted by Crippen LogP contribution is 2.27. The summed E-state index contributed by atoms with van der Waals surface area (Å²) in [5, 5.41) is 3.03. The van der Waals surface area contributed by atoms with Crippen LogP contribution >= 0.6 is 0 Å². The normalized spacial score (nSPS) is 14.6. The van der Waals surface area contributed by atoms with Crippen molar-refractivity contribution in [3.05, 3.63) is 47.4 Å². The SMILES string of the molecule is Cc1cccc(C(C)C)c1NC(=O)c1cc(N2CCOCC2)ncn1. The molecule has 1 aromatic heterocycles. The molecular weight excluding hydrogens is 316 g/mol. The van der Waals surface area contributed by atoms with E-state index in [-0.39, 0.29) is 5.91 Å². The molecule has 1 fully saturated rings. The largest absolute Gasteiger partial charge is 0.378 e. The number of para-hydroxylation sites is 1. The number of aryl methyl sites for hydroxylation is 1. The molecule has 2 aromatic rings. The monoisotopic (exact) mass is 340 g/mol. The maximum Gasteiger partial charge on any atom is 0.274 e. The lowest BCUT2D eigenvalue weighted by molar-refractivity contribution is 0.102. The van der Waals surface area contributed by atoms with Crippen molar-refractivity contribution in [2.75, 3.05) is 36.5 Å². The minimum Gasteiger partial charge on any atom is -0.378 e. The second-order valence-electron chi connectivity index (χ2n) is 6.51. The summed E-state index contributed by atoms with van der Waals surface area (Å²) >= 11 is 0. The number of nitrogens with one attached hydrogen (secondary N) is 1. The Kier molecular flexibility index (Phi) is 5.28. The lowest BCUT2D eigenvalue weighted by Crippen LogP contribution is -2.37. The van der Waals surface area contributed by atoms with E-state index < -0.39 is 0 Å². The number of nitrogens with zero attached hydrogens (tertiary/aromatic N) is 3. The van der Waals surface area contributed by atoms with Crippen LogP contribution in [0.1, 0.15) is 41.4 Å². The van der Waals surface area contributed by atoms with Crippen LogP contribution in [0.15, 0.2) is 30.6 Å². The van der Waals surface area contributed by atoms with Crippen LogP contribution in [0.25, 0.3) is 0 Å². The number of carbonyl (C=O) groups is 1. The molecule has 1 N–H and O–H groups in total. The quantitative estimate of drug-likeness (QED) is 0.927. The predicted octanol–water partition coefficient (Wildman–Crippen LogP) is 3.00. The molecule has 0 spiro atoms. The van der Waals surface area contributed by atoms with Crippen LogP contribution in [0, 0.1) is 6.92 Å². The van der Waals surface area contributed by atoms with Gasteiger partial charge in [0.15, 0.2) is 0 Å². The van der Waals surface area contributed by atoms with E-state index in [1.165, 1.54) is 6.33 Å². The molecule has 25 heavy (non-hydrogen) atoms. The third-order valence-electron chi connectivity index (χ3n) is 4.39. The van der Waals surface area contributed by atoms with E-state index in [0.29, 0.717) is 24.8 Å². The van der Waals surface area contributed by atoms with Gasteiger partial charge in [-0.05, 0) is 24.0 Å². The van der Waals surface area contributed by atoms with E-state index in [9.17, 15) is 4.79 Å². The van der Waals surface area contributed by atoms with E-state index in [1.54, 1.807) is 6.07 Å². The van der Waals surface area contributed by atoms with E-state index >= 15 is 0 Å². The van der Waals surface area contributed by atoms with Crippen molar-refractivity contribution >= 4 is 17.4 Å². The number of ether oxygens (including phenoxy) is 1. The Morgan fingerprint density at radius 2 is 2.00 bits per heavy atom. The number of rotatable bonds is 4. The summed E-state index contributed by atoms with van der Waals surface area (Å²) in [7, 11) is 0. The predicted molar refractivity (Wildman–Crippen MR) is 98.3 cm³/mol. The van der Waals surface area contributed by atoms with Gasteiger partial charge in [0.1, 0.15) is 17.8 Å². The van der Waals surface area contributed by atoms with Crippen molar-refractivity contribution in [3.8, 4) is 0 Å². The van der Waals surface area contributed by atoms with Gasteiger partial charge < -0.3 is 15.0 Å². The average molecular weight is 340 g/mol. The fourth-order valence-corrected chi connectivity index (χ4v) is 2.96. The van der Waals surface area contributed by atoms with Gasteiger partial charge in [0, 0.05) is 24.8 Å². The van der Waals surface area contributed by atoms with Crippen molar-refractivity contribution < 1.29 is 9.53 Å². The summed E-state index contributed by atoms with van der Waals surface area (Å²) in [6, 6.07) is 7.81. The smallest absolute Gasteiger partial charge is 0.274 e. The molecule has 6 nitrogen and oxygen atoms in total. The molecule has 0 saturated carbocycles. The Labute approximate surface area is 148 Å².